The van der Waals surface area contributed by atoms with Crippen LogP contribution in [0.1, 0.15) is 11.1 Å². The predicted molar refractivity (Wildman–Crippen MR) is 52.0 cm³/mol. The Morgan fingerprint density at radius 1 is 1.29 bits per heavy atom. The largest absolute Gasteiger partial charge is 0.416 e. The zero-order valence-corrected chi connectivity index (χ0v) is 8.52. The van der Waals surface area contributed by atoms with Crippen molar-refractivity contribution in [1.82, 2.24) is 20.2 Å². The van der Waals surface area contributed by atoms with Crippen LogP contribution >= 0.6 is 0 Å². The van der Waals surface area contributed by atoms with Gasteiger partial charge in [0, 0.05) is 6.54 Å². The van der Waals surface area contributed by atoms with Crippen LogP contribution in [-0.4, -0.2) is 20.2 Å². The number of nitrogens with zero attached hydrogens (tertiary/aromatic N) is 4. The zero-order valence-electron chi connectivity index (χ0n) is 8.52. The summed E-state index contributed by atoms with van der Waals surface area (Å²) in [5, 5.41) is 10.4. The monoisotopic (exact) mass is 243 g/mol. The second-order valence-corrected chi connectivity index (χ2v) is 3.30. The molecule has 0 atom stereocenters. The van der Waals surface area contributed by atoms with E-state index in [1.807, 2.05) is 0 Å². The molecule has 0 saturated heterocycles. The third-order valence-electron chi connectivity index (χ3n) is 2.22. The average molecular weight is 243 g/mol. The average Bonchev–Trinajstić information content (AvgIpc) is 2.80. The normalized spacial score (nSPS) is 11.8. The van der Waals surface area contributed by atoms with Crippen molar-refractivity contribution in [1.29, 1.82) is 0 Å². The first-order chi connectivity index (χ1) is 8.02. The number of aromatic nitrogens is 4. The van der Waals surface area contributed by atoms with Gasteiger partial charge in [-0.15, -0.1) is 5.10 Å². The first kappa shape index (κ1) is 11.5. The van der Waals surface area contributed by atoms with E-state index >= 15 is 0 Å². The first-order valence-electron chi connectivity index (χ1n) is 4.66. The minimum absolute atomic E-state index is 0.0287. The Hall–Kier alpha value is -1.96. The lowest BCUT2D eigenvalue weighted by molar-refractivity contribution is -0.137. The van der Waals surface area contributed by atoms with Gasteiger partial charge in [-0.05, 0) is 34.2 Å². The molecule has 2 N–H and O–H groups in total. The van der Waals surface area contributed by atoms with Crippen molar-refractivity contribution in [3.8, 4) is 5.69 Å². The number of alkyl halides is 3. The smallest absolute Gasteiger partial charge is 0.326 e. The second kappa shape index (κ2) is 4.13. The van der Waals surface area contributed by atoms with Crippen molar-refractivity contribution in [3.63, 3.8) is 0 Å². The van der Waals surface area contributed by atoms with E-state index in [1.165, 1.54) is 17.1 Å². The van der Waals surface area contributed by atoms with E-state index < -0.39 is 11.7 Å². The fourth-order valence-electron chi connectivity index (χ4n) is 1.42. The van der Waals surface area contributed by atoms with Crippen LogP contribution < -0.4 is 5.73 Å². The van der Waals surface area contributed by atoms with Gasteiger partial charge >= 0.3 is 6.18 Å². The number of halogens is 3. The molecule has 0 bridgehead atoms. The SMILES string of the molecule is NCc1cc(C(F)(F)F)ccc1-n1cnnn1. The lowest BCUT2D eigenvalue weighted by atomic mass is 10.1. The molecule has 0 aliphatic carbocycles. The molecule has 2 aromatic rings. The molecule has 0 saturated carbocycles. The highest BCUT2D eigenvalue weighted by Crippen LogP contribution is 2.31. The van der Waals surface area contributed by atoms with E-state index in [2.05, 4.69) is 15.5 Å². The van der Waals surface area contributed by atoms with Gasteiger partial charge in [0.1, 0.15) is 6.33 Å². The molecule has 0 aliphatic heterocycles. The molecule has 0 aliphatic rings. The van der Waals surface area contributed by atoms with Gasteiger partial charge in [-0.2, -0.15) is 13.2 Å². The third kappa shape index (κ3) is 2.26. The van der Waals surface area contributed by atoms with Crippen LogP contribution in [0.4, 0.5) is 13.2 Å². The maximum atomic E-state index is 12.5. The van der Waals surface area contributed by atoms with Crippen LogP contribution in [0.15, 0.2) is 24.5 Å². The third-order valence-corrected chi connectivity index (χ3v) is 2.22. The highest BCUT2D eigenvalue weighted by molar-refractivity contribution is 5.43. The van der Waals surface area contributed by atoms with Crippen molar-refractivity contribution in [2.24, 2.45) is 5.73 Å². The summed E-state index contributed by atoms with van der Waals surface area (Å²) in [7, 11) is 0. The molecule has 0 spiro atoms. The minimum Gasteiger partial charge on any atom is -0.326 e. The molecule has 0 unspecified atom stereocenters. The molecular formula is C9H8F3N5. The Morgan fingerprint density at radius 2 is 2.06 bits per heavy atom. The molecule has 0 amide bonds. The summed E-state index contributed by atoms with van der Waals surface area (Å²) < 4.78 is 38.7. The number of nitrogens with two attached hydrogens (primary N) is 1. The summed E-state index contributed by atoms with van der Waals surface area (Å²) in [6.07, 6.45) is -3.09. The topological polar surface area (TPSA) is 69.6 Å². The fraction of sp³-hybridized carbons (Fsp3) is 0.222. The zero-order chi connectivity index (χ0) is 12.5. The molecular weight excluding hydrogens is 235 g/mol. The Kier molecular flexibility index (Phi) is 2.80. The molecule has 1 heterocycles. The number of hydrogen-bond donors (Lipinski definition) is 1. The number of benzene rings is 1. The summed E-state index contributed by atoms with van der Waals surface area (Å²) in [5.74, 6) is 0. The summed E-state index contributed by atoms with van der Waals surface area (Å²) in [6, 6.07) is 3.26. The van der Waals surface area contributed by atoms with Crippen molar-refractivity contribution in [2.75, 3.05) is 0 Å². The lowest BCUT2D eigenvalue weighted by Crippen LogP contribution is -2.10. The van der Waals surface area contributed by atoms with E-state index in [-0.39, 0.29) is 6.54 Å². The van der Waals surface area contributed by atoms with E-state index in [9.17, 15) is 13.2 Å². The molecule has 0 fully saturated rings. The first-order valence-corrected chi connectivity index (χ1v) is 4.66. The van der Waals surface area contributed by atoms with Gasteiger partial charge < -0.3 is 5.73 Å². The van der Waals surface area contributed by atoms with Crippen molar-refractivity contribution < 1.29 is 13.2 Å². The van der Waals surface area contributed by atoms with E-state index in [1.54, 1.807) is 0 Å². The van der Waals surface area contributed by atoms with Gasteiger partial charge in [0.2, 0.25) is 0 Å². The Labute approximate surface area is 94.0 Å². The van der Waals surface area contributed by atoms with Crippen LogP contribution in [0, 0.1) is 0 Å². The second-order valence-electron chi connectivity index (χ2n) is 3.30. The molecule has 0 radical (unpaired) electrons. The number of tetrazole rings is 1. The molecule has 8 heteroatoms. The van der Waals surface area contributed by atoms with Gasteiger partial charge in [-0.1, -0.05) is 0 Å². The van der Waals surface area contributed by atoms with Crippen LogP contribution in [0.2, 0.25) is 0 Å². The quantitative estimate of drug-likeness (QED) is 0.858. The predicted octanol–water partition coefficient (Wildman–Crippen LogP) is 1.14. The molecule has 1 aromatic heterocycles. The van der Waals surface area contributed by atoms with Crippen LogP contribution in [0.3, 0.4) is 0 Å². The fourth-order valence-corrected chi connectivity index (χ4v) is 1.42. The van der Waals surface area contributed by atoms with Gasteiger partial charge in [-0.3, -0.25) is 0 Å². The van der Waals surface area contributed by atoms with Gasteiger partial charge in [0.15, 0.2) is 0 Å². The molecule has 90 valence electrons. The summed E-state index contributed by atoms with van der Waals surface area (Å²) >= 11 is 0. The minimum atomic E-state index is -4.39. The van der Waals surface area contributed by atoms with Gasteiger partial charge in [-0.25, -0.2) is 4.68 Å². The van der Waals surface area contributed by atoms with Crippen molar-refractivity contribution in [2.45, 2.75) is 12.7 Å². The standard InChI is InChI=1S/C9H8F3N5/c10-9(11,12)7-1-2-8(6(3-7)4-13)17-5-14-15-16-17/h1-3,5H,4,13H2. The summed E-state index contributed by atoms with van der Waals surface area (Å²) in [6.45, 7) is -0.0287. The lowest BCUT2D eigenvalue weighted by Gasteiger charge is -2.11. The maximum Gasteiger partial charge on any atom is 0.416 e. The number of rotatable bonds is 2. The molecule has 2 rings (SSSR count). The van der Waals surface area contributed by atoms with E-state index in [4.69, 9.17) is 5.73 Å². The Balaban J connectivity index is 2.50. The molecule has 5 nitrogen and oxygen atoms in total. The summed E-state index contributed by atoms with van der Waals surface area (Å²) in [4.78, 5) is 0. The van der Waals surface area contributed by atoms with Gasteiger partial charge in [0.05, 0.1) is 11.3 Å². The Bertz CT molecular complexity index is 506. The van der Waals surface area contributed by atoms with Crippen LogP contribution in [-0.2, 0) is 12.7 Å². The van der Waals surface area contributed by atoms with Gasteiger partial charge in [0.25, 0.3) is 0 Å². The highest BCUT2D eigenvalue weighted by Gasteiger charge is 2.31. The van der Waals surface area contributed by atoms with E-state index in [0.29, 0.717) is 11.3 Å². The maximum absolute atomic E-state index is 12.5. The summed E-state index contributed by atoms with van der Waals surface area (Å²) in [5.41, 5.74) is 5.44. The molecule has 1 aromatic carbocycles. The molecule has 17 heavy (non-hydrogen) atoms. The van der Waals surface area contributed by atoms with Crippen LogP contribution in [0.5, 0.6) is 0 Å². The van der Waals surface area contributed by atoms with Crippen LogP contribution in [0.25, 0.3) is 5.69 Å². The van der Waals surface area contributed by atoms with Crippen molar-refractivity contribution >= 4 is 0 Å². The van der Waals surface area contributed by atoms with E-state index in [0.717, 1.165) is 12.1 Å². The highest BCUT2D eigenvalue weighted by atomic mass is 19.4. The number of hydrogen-bond acceptors (Lipinski definition) is 4. The Morgan fingerprint density at radius 3 is 2.59 bits per heavy atom. The van der Waals surface area contributed by atoms with Crippen molar-refractivity contribution in [3.05, 3.63) is 35.7 Å².